The molecule has 1 N–H and O–H groups in total. The van der Waals surface area contributed by atoms with Crippen LogP contribution in [0.25, 0.3) is 0 Å². The third-order valence-corrected chi connectivity index (χ3v) is 5.23. The minimum atomic E-state index is 0.0875. The number of aromatic nitrogens is 1. The van der Waals surface area contributed by atoms with E-state index >= 15 is 0 Å². The van der Waals surface area contributed by atoms with Crippen LogP contribution < -0.4 is 15.0 Å². The molecule has 27 heavy (non-hydrogen) atoms. The van der Waals surface area contributed by atoms with Gasteiger partial charge in [0.25, 0.3) is 0 Å². The Hall–Kier alpha value is -2.60. The molecule has 2 aliphatic rings. The molecule has 0 radical (unpaired) electrons. The lowest BCUT2D eigenvalue weighted by Gasteiger charge is -2.35. The van der Waals surface area contributed by atoms with Crippen molar-refractivity contribution in [2.45, 2.75) is 19.3 Å². The highest BCUT2D eigenvalue weighted by Gasteiger charge is 2.19. The minimum Gasteiger partial charge on any atom is -0.493 e. The molecule has 1 fully saturated rings. The van der Waals surface area contributed by atoms with Crippen molar-refractivity contribution in [1.82, 2.24) is 9.88 Å². The highest BCUT2D eigenvalue weighted by Crippen LogP contribution is 2.31. The maximum atomic E-state index is 11.5. The fraction of sp³-hybridized carbons (Fsp3) is 0.429. The van der Waals surface area contributed by atoms with Crippen molar-refractivity contribution < 1.29 is 9.53 Å². The number of nitrogens with one attached hydrogen (secondary N) is 1. The van der Waals surface area contributed by atoms with Gasteiger partial charge in [-0.1, -0.05) is 12.1 Å². The van der Waals surface area contributed by atoms with Crippen LogP contribution in [-0.2, 0) is 11.2 Å². The van der Waals surface area contributed by atoms with Gasteiger partial charge in [-0.2, -0.15) is 0 Å². The Balaban J connectivity index is 1.21. The lowest BCUT2D eigenvalue weighted by Crippen LogP contribution is -2.47. The summed E-state index contributed by atoms with van der Waals surface area (Å²) in [5.74, 6) is 2.07. The van der Waals surface area contributed by atoms with Crippen molar-refractivity contribution in [3.05, 3.63) is 48.2 Å². The van der Waals surface area contributed by atoms with E-state index < -0.39 is 0 Å². The monoisotopic (exact) mass is 366 g/mol. The van der Waals surface area contributed by atoms with Crippen LogP contribution >= 0.6 is 0 Å². The molecule has 3 heterocycles. The fourth-order valence-corrected chi connectivity index (χ4v) is 3.74. The first-order valence-corrected chi connectivity index (χ1v) is 9.72. The molecule has 0 saturated carbocycles. The molecule has 0 unspecified atom stereocenters. The first-order valence-electron chi connectivity index (χ1n) is 9.72. The summed E-state index contributed by atoms with van der Waals surface area (Å²) in [6.07, 6.45) is 4.15. The van der Waals surface area contributed by atoms with Gasteiger partial charge in [0.2, 0.25) is 5.91 Å². The zero-order valence-corrected chi connectivity index (χ0v) is 15.6. The van der Waals surface area contributed by atoms with Crippen LogP contribution in [0, 0.1) is 0 Å². The van der Waals surface area contributed by atoms with Crippen molar-refractivity contribution in [2.24, 2.45) is 0 Å². The Kier molecular flexibility index (Phi) is 5.53. The number of carbonyl (C=O) groups is 1. The Labute approximate surface area is 160 Å². The highest BCUT2D eigenvalue weighted by molar-refractivity contribution is 5.94. The summed E-state index contributed by atoms with van der Waals surface area (Å²) in [4.78, 5) is 20.8. The second-order valence-electron chi connectivity index (χ2n) is 7.05. The molecular formula is C21H26N4O2. The second-order valence-corrected chi connectivity index (χ2v) is 7.05. The van der Waals surface area contributed by atoms with Crippen LogP contribution in [0.15, 0.2) is 42.6 Å². The highest BCUT2D eigenvalue weighted by atomic mass is 16.5. The maximum Gasteiger partial charge on any atom is 0.224 e. The van der Waals surface area contributed by atoms with Crippen molar-refractivity contribution in [3.8, 4) is 5.75 Å². The largest absolute Gasteiger partial charge is 0.493 e. The van der Waals surface area contributed by atoms with E-state index in [1.54, 1.807) is 0 Å². The molecule has 2 aromatic rings. The lowest BCUT2D eigenvalue weighted by atomic mass is 10.0. The van der Waals surface area contributed by atoms with Gasteiger partial charge in [0.05, 0.1) is 6.61 Å². The van der Waals surface area contributed by atoms with Crippen LogP contribution in [0.2, 0.25) is 0 Å². The van der Waals surface area contributed by atoms with Gasteiger partial charge in [-0.25, -0.2) is 4.98 Å². The van der Waals surface area contributed by atoms with Crippen molar-refractivity contribution in [2.75, 3.05) is 49.5 Å². The summed E-state index contributed by atoms with van der Waals surface area (Å²) in [6, 6.07) is 12.0. The number of nitrogens with zero attached hydrogens (tertiary/aromatic N) is 3. The van der Waals surface area contributed by atoms with Crippen LogP contribution in [0.4, 0.5) is 11.5 Å². The number of piperazine rings is 1. The Morgan fingerprint density at radius 3 is 2.74 bits per heavy atom. The van der Waals surface area contributed by atoms with Gasteiger partial charge in [-0.15, -0.1) is 0 Å². The number of hydrogen-bond acceptors (Lipinski definition) is 5. The fourth-order valence-electron chi connectivity index (χ4n) is 3.74. The van der Waals surface area contributed by atoms with Crippen LogP contribution in [0.3, 0.4) is 0 Å². The van der Waals surface area contributed by atoms with Crippen LogP contribution in [0.5, 0.6) is 5.75 Å². The van der Waals surface area contributed by atoms with Crippen LogP contribution in [0.1, 0.15) is 18.4 Å². The molecule has 142 valence electrons. The summed E-state index contributed by atoms with van der Waals surface area (Å²) >= 11 is 0. The number of pyridine rings is 1. The standard InChI is InChI=1S/C21H26N4O2/c26-21-9-8-17-18(23-21)5-3-6-19(17)27-16-4-11-24-12-14-25(15-13-24)20-7-1-2-10-22-20/h1-3,5-7,10H,4,8-9,11-16H2,(H,23,26). The topological polar surface area (TPSA) is 57.7 Å². The summed E-state index contributed by atoms with van der Waals surface area (Å²) in [6.45, 7) is 5.90. The smallest absolute Gasteiger partial charge is 0.224 e. The van der Waals surface area contributed by atoms with E-state index in [1.165, 1.54) is 0 Å². The molecule has 0 atom stereocenters. The van der Waals surface area contributed by atoms with E-state index in [0.717, 1.165) is 68.4 Å². The summed E-state index contributed by atoms with van der Waals surface area (Å²) in [5.41, 5.74) is 2.02. The molecule has 4 rings (SSSR count). The van der Waals surface area contributed by atoms with E-state index in [4.69, 9.17) is 4.74 Å². The molecule has 0 aliphatic carbocycles. The molecule has 0 bridgehead atoms. The van der Waals surface area contributed by atoms with E-state index in [9.17, 15) is 4.79 Å². The number of anilines is 2. The number of rotatable bonds is 6. The van der Waals surface area contributed by atoms with Gasteiger partial charge < -0.3 is 15.0 Å². The average Bonchev–Trinajstić information content (AvgIpc) is 2.72. The molecule has 1 saturated heterocycles. The number of fused-ring (bicyclic) bond motifs is 1. The number of ether oxygens (including phenoxy) is 1. The minimum absolute atomic E-state index is 0.0875. The third-order valence-electron chi connectivity index (χ3n) is 5.23. The van der Waals surface area contributed by atoms with Crippen molar-refractivity contribution >= 4 is 17.4 Å². The van der Waals surface area contributed by atoms with Crippen LogP contribution in [-0.4, -0.2) is 55.1 Å². The van der Waals surface area contributed by atoms with Crippen molar-refractivity contribution in [3.63, 3.8) is 0 Å². The zero-order chi connectivity index (χ0) is 18.5. The van der Waals surface area contributed by atoms with Gasteiger partial charge in [-0.05, 0) is 37.1 Å². The molecule has 6 heteroatoms. The van der Waals surface area contributed by atoms with E-state index in [1.807, 2.05) is 36.5 Å². The molecule has 0 spiro atoms. The van der Waals surface area contributed by atoms with Gasteiger partial charge >= 0.3 is 0 Å². The predicted octanol–water partition coefficient (Wildman–Crippen LogP) is 2.56. The summed E-state index contributed by atoms with van der Waals surface area (Å²) < 4.78 is 6.02. The third kappa shape index (κ3) is 4.39. The SMILES string of the molecule is O=C1CCc2c(cccc2OCCCN2CCN(c3ccccn3)CC2)N1. The number of benzene rings is 1. The van der Waals surface area contributed by atoms with Gasteiger partial charge in [0.15, 0.2) is 0 Å². The average molecular weight is 366 g/mol. The van der Waals surface area contributed by atoms with Gasteiger partial charge in [0, 0.05) is 56.6 Å². The summed E-state index contributed by atoms with van der Waals surface area (Å²) in [7, 11) is 0. The number of carbonyl (C=O) groups excluding carboxylic acids is 1. The molecule has 1 amide bonds. The Morgan fingerprint density at radius 2 is 1.93 bits per heavy atom. The number of hydrogen-bond donors (Lipinski definition) is 1. The van der Waals surface area contributed by atoms with Crippen molar-refractivity contribution in [1.29, 1.82) is 0 Å². The Morgan fingerprint density at radius 1 is 1.04 bits per heavy atom. The normalized spacial score (nSPS) is 17.3. The Bertz CT molecular complexity index is 773. The lowest BCUT2D eigenvalue weighted by molar-refractivity contribution is -0.116. The summed E-state index contributed by atoms with van der Waals surface area (Å²) in [5, 5.41) is 2.92. The zero-order valence-electron chi connectivity index (χ0n) is 15.6. The molecule has 1 aromatic heterocycles. The molecule has 6 nitrogen and oxygen atoms in total. The van der Waals surface area contributed by atoms with E-state index in [-0.39, 0.29) is 5.91 Å². The molecule has 1 aromatic carbocycles. The first-order chi connectivity index (χ1) is 13.3. The maximum absolute atomic E-state index is 11.5. The second kappa shape index (κ2) is 8.39. The number of amides is 1. The van der Waals surface area contributed by atoms with Gasteiger partial charge in [-0.3, -0.25) is 9.69 Å². The molecular weight excluding hydrogens is 340 g/mol. The van der Waals surface area contributed by atoms with Gasteiger partial charge in [0.1, 0.15) is 11.6 Å². The quantitative estimate of drug-likeness (QED) is 0.797. The molecule has 2 aliphatic heterocycles. The predicted molar refractivity (Wildman–Crippen MR) is 106 cm³/mol. The first kappa shape index (κ1) is 17.8. The van der Waals surface area contributed by atoms with E-state index in [2.05, 4.69) is 26.2 Å². The van der Waals surface area contributed by atoms with E-state index in [0.29, 0.717) is 13.0 Å².